The quantitative estimate of drug-likeness (QED) is 0.508. The average molecular weight is 415 g/mol. The average Bonchev–Trinajstić information content (AvgIpc) is 2.55. The van der Waals surface area contributed by atoms with E-state index in [1.54, 1.807) is 24.3 Å². The van der Waals surface area contributed by atoms with Crippen LogP contribution in [0.3, 0.4) is 0 Å². The van der Waals surface area contributed by atoms with E-state index in [9.17, 15) is 0 Å². The van der Waals surface area contributed by atoms with Crippen molar-refractivity contribution in [3.8, 4) is 11.5 Å². The molecule has 0 bridgehead atoms. The van der Waals surface area contributed by atoms with Gasteiger partial charge in [0, 0.05) is 17.4 Å². The Balaban J connectivity index is 0. The zero-order valence-corrected chi connectivity index (χ0v) is 17.5. The summed E-state index contributed by atoms with van der Waals surface area (Å²) in [7, 11) is 2.63. The first-order valence-corrected chi connectivity index (χ1v) is 7.87. The molecule has 2 nitrogen and oxygen atoms in total. The van der Waals surface area contributed by atoms with Gasteiger partial charge in [-0.05, 0) is 43.4 Å². The first kappa shape index (κ1) is 25.7. The van der Waals surface area contributed by atoms with Crippen molar-refractivity contribution in [1.29, 1.82) is 0 Å². The number of hydrogen-bond acceptors (Lipinski definition) is 2. The van der Waals surface area contributed by atoms with Crippen LogP contribution in [-0.2, 0) is 17.4 Å². The normalized spacial score (nSPS) is 8.28. The molecule has 5 heteroatoms. The minimum absolute atomic E-state index is 0. The monoisotopic (exact) mass is 414 g/mol. The molecule has 0 saturated heterocycles. The second kappa shape index (κ2) is 14.8. The summed E-state index contributed by atoms with van der Waals surface area (Å²) in [5.41, 5.74) is 2.34. The third-order valence-electron chi connectivity index (χ3n) is 2.87. The van der Waals surface area contributed by atoms with Crippen molar-refractivity contribution in [1.82, 2.24) is 0 Å². The van der Waals surface area contributed by atoms with Gasteiger partial charge in [0.1, 0.15) is 11.5 Å². The maximum Gasteiger partial charge on any atom is 0.115 e. The predicted molar refractivity (Wildman–Crippen MR) is 109 cm³/mol. The molecule has 3 aromatic carbocycles. The van der Waals surface area contributed by atoms with Crippen LogP contribution in [0.4, 0.5) is 0 Å². The van der Waals surface area contributed by atoms with Crippen LogP contribution >= 0.6 is 21.6 Å². The summed E-state index contributed by atoms with van der Waals surface area (Å²) in [5.74, 6) is 0.659. The Hall–Kier alpha value is -1.49. The number of hydrogen-bond donors (Lipinski definition) is 2. The first-order chi connectivity index (χ1) is 11.0. The maximum absolute atomic E-state index is 8.76. The second-order valence-electron chi connectivity index (χ2n) is 5.08. The molecule has 134 valence electrons. The fraction of sp³-hybridized carbons (Fsp3) is 0.100. The smallest absolute Gasteiger partial charge is 0.115 e. The Morgan fingerprint density at radius 3 is 1.12 bits per heavy atom. The van der Waals surface area contributed by atoms with Gasteiger partial charge in [0.2, 0.25) is 0 Å². The van der Waals surface area contributed by atoms with Crippen molar-refractivity contribution in [2.75, 3.05) is 0 Å². The molecule has 0 aliphatic heterocycles. The molecule has 0 saturated carbocycles. The molecule has 0 spiro atoms. The first-order valence-electron chi connectivity index (χ1n) is 7.29. The molecule has 3 aromatic rings. The third kappa shape index (κ3) is 13.5. The number of aryl methyl sites for hydroxylation is 2. The Bertz CT molecular complexity index is 589. The molecule has 3 rings (SSSR count). The van der Waals surface area contributed by atoms with E-state index in [1.165, 1.54) is 16.4 Å². The summed E-state index contributed by atoms with van der Waals surface area (Å²) >= 11 is 0. The molecule has 0 radical (unpaired) electrons. The SMILES string of the molecule is Cc1ccc(O)cc1.Cc1ccc(O)cc1.Cl.Pc1ccccc1.[Cr]. The standard InChI is InChI=1S/2C7H8O.C6H7P.ClH.Cr/c2*1-6-2-4-7(8)5-3-6;7-6-4-2-1-3-5-6;;/h2*2-5,8H,1H3;1-5H,7H2;1H;. The Labute approximate surface area is 169 Å². The van der Waals surface area contributed by atoms with Crippen molar-refractivity contribution < 1.29 is 27.6 Å². The zero-order valence-electron chi connectivity index (χ0n) is 14.3. The molecule has 1 unspecified atom stereocenters. The van der Waals surface area contributed by atoms with E-state index in [4.69, 9.17) is 10.2 Å². The van der Waals surface area contributed by atoms with Gasteiger partial charge in [-0.15, -0.1) is 21.6 Å². The molecule has 2 N–H and O–H groups in total. The number of benzene rings is 3. The summed E-state index contributed by atoms with van der Waals surface area (Å²) in [6.45, 7) is 3.97. The van der Waals surface area contributed by atoms with Crippen LogP contribution in [0.15, 0.2) is 78.9 Å². The van der Waals surface area contributed by atoms with Gasteiger partial charge in [-0.1, -0.05) is 65.7 Å². The summed E-state index contributed by atoms with van der Waals surface area (Å²) in [5, 5.41) is 18.8. The summed E-state index contributed by atoms with van der Waals surface area (Å²) in [4.78, 5) is 0. The van der Waals surface area contributed by atoms with Gasteiger partial charge in [-0.2, -0.15) is 0 Å². The van der Waals surface area contributed by atoms with Gasteiger partial charge in [-0.25, -0.2) is 0 Å². The minimum Gasteiger partial charge on any atom is -0.508 e. The van der Waals surface area contributed by atoms with E-state index in [0.717, 1.165) is 0 Å². The Morgan fingerprint density at radius 1 is 0.600 bits per heavy atom. The number of halogens is 1. The van der Waals surface area contributed by atoms with E-state index in [1.807, 2.05) is 68.4 Å². The van der Waals surface area contributed by atoms with Crippen molar-refractivity contribution in [2.45, 2.75) is 13.8 Å². The van der Waals surface area contributed by atoms with Crippen LogP contribution in [0.25, 0.3) is 0 Å². The number of rotatable bonds is 0. The van der Waals surface area contributed by atoms with Gasteiger partial charge in [-0.3, -0.25) is 0 Å². The molecule has 0 aliphatic carbocycles. The van der Waals surface area contributed by atoms with E-state index in [-0.39, 0.29) is 29.8 Å². The van der Waals surface area contributed by atoms with Gasteiger partial charge < -0.3 is 10.2 Å². The summed E-state index contributed by atoms with van der Waals surface area (Å²) in [6, 6.07) is 24.3. The van der Waals surface area contributed by atoms with E-state index in [0.29, 0.717) is 11.5 Å². The molecule has 1 atom stereocenters. The molecular weight excluding hydrogens is 391 g/mol. The van der Waals surface area contributed by atoms with Crippen LogP contribution in [0.2, 0.25) is 0 Å². The minimum atomic E-state index is 0. The largest absolute Gasteiger partial charge is 0.508 e. The van der Waals surface area contributed by atoms with Crippen LogP contribution in [0.5, 0.6) is 11.5 Å². The zero-order chi connectivity index (χ0) is 17.1. The van der Waals surface area contributed by atoms with Crippen LogP contribution in [0.1, 0.15) is 11.1 Å². The summed E-state index contributed by atoms with van der Waals surface area (Å²) < 4.78 is 0. The predicted octanol–water partition coefficient (Wildman–Crippen LogP) is 5.01. The van der Waals surface area contributed by atoms with E-state index >= 15 is 0 Å². The van der Waals surface area contributed by atoms with E-state index in [2.05, 4.69) is 9.24 Å². The fourth-order valence-electron chi connectivity index (χ4n) is 1.54. The molecule has 0 aliphatic rings. The van der Waals surface area contributed by atoms with Crippen molar-refractivity contribution in [2.24, 2.45) is 0 Å². The van der Waals surface area contributed by atoms with Crippen LogP contribution in [0, 0.1) is 13.8 Å². The fourth-order valence-corrected chi connectivity index (χ4v) is 1.76. The number of phenolic OH excluding ortho intramolecular Hbond substituents is 2. The number of aromatic hydroxyl groups is 2. The van der Waals surface area contributed by atoms with Crippen molar-refractivity contribution in [3.63, 3.8) is 0 Å². The van der Waals surface area contributed by atoms with Crippen LogP contribution in [-0.4, -0.2) is 10.2 Å². The Kier molecular flexibility index (Phi) is 15.3. The molecule has 25 heavy (non-hydrogen) atoms. The third-order valence-corrected chi connectivity index (χ3v) is 3.25. The maximum atomic E-state index is 8.76. The van der Waals surface area contributed by atoms with Crippen LogP contribution < -0.4 is 5.30 Å². The molecule has 0 heterocycles. The van der Waals surface area contributed by atoms with Crippen molar-refractivity contribution in [3.05, 3.63) is 90.0 Å². The molecule has 0 fully saturated rings. The van der Waals surface area contributed by atoms with Gasteiger partial charge in [0.25, 0.3) is 0 Å². The molecular formula is C20H24ClCrO2P. The second-order valence-corrected chi connectivity index (χ2v) is 5.75. The van der Waals surface area contributed by atoms with Crippen molar-refractivity contribution >= 4 is 27.0 Å². The van der Waals surface area contributed by atoms with E-state index < -0.39 is 0 Å². The number of phenols is 2. The van der Waals surface area contributed by atoms with Gasteiger partial charge in [0.05, 0.1) is 0 Å². The Morgan fingerprint density at radius 2 is 0.920 bits per heavy atom. The van der Waals surface area contributed by atoms with Gasteiger partial charge >= 0.3 is 0 Å². The topological polar surface area (TPSA) is 40.5 Å². The van der Waals surface area contributed by atoms with Gasteiger partial charge in [0.15, 0.2) is 0 Å². The summed E-state index contributed by atoms with van der Waals surface area (Å²) in [6.07, 6.45) is 0. The molecule has 0 aromatic heterocycles. The molecule has 0 amide bonds.